The van der Waals surface area contributed by atoms with Crippen molar-refractivity contribution in [2.24, 2.45) is 11.8 Å². The van der Waals surface area contributed by atoms with Crippen molar-refractivity contribution in [2.75, 3.05) is 7.11 Å². The summed E-state index contributed by atoms with van der Waals surface area (Å²) in [5, 5.41) is 0. The molecule has 0 aromatic carbocycles. The van der Waals surface area contributed by atoms with Crippen LogP contribution < -0.4 is 0 Å². The predicted octanol–water partition coefficient (Wildman–Crippen LogP) is 1.99. The number of esters is 1. The lowest BCUT2D eigenvalue weighted by atomic mass is 9.80. The second-order valence-electron chi connectivity index (χ2n) is 3.39. The molecule has 1 aliphatic rings. The molecular weight excluding hydrogens is 140 g/mol. The van der Waals surface area contributed by atoms with E-state index in [1.807, 2.05) is 0 Å². The van der Waals surface area contributed by atoms with Gasteiger partial charge in [-0.2, -0.15) is 0 Å². The summed E-state index contributed by atoms with van der Waals surface area (Å²) in [6.07, 6.45) is 4.66. The highest BCUT2D eigenvalue weighted by Gasteiger charge is 2.27. The molecule has 64 valence electrons. The van der Waals surface area contributed by atoms with Gasteiger partial charge >= 0.3 is 5.97 Å². The summed E-state index contributed by atoms with van der Waals surface area (Å²) in [6, 6.07) is 0. The van der Waals surface area contributed by atoms with Crippen LogP contribution in [0.2, 0.25) is 0 Å². The molecule has 1 unspecified atom stereocenters. The van der Waals surface area contributed by atoms with E-state index in [4.69, 9.17) is 4.74 Å². The molecule has 0 saturated heterocycles. The van der Waals surface area contributed by atoms with Gasteiger partial charge in [-0.1, -0.05) is 19.8 Å². The summed E-state index contributed by atoms with van der Waals surface area (Å²) in [6.45, 7) is 2.14. The Kier molecular flexibility index (Phi) is 2.92. The Morgan fingerprint density at radius 2 is 2.00 bits per heavy atom. The van der Waals surface area contributed by atoms with E-state index in [-0.39, 0.29) is 11.9 Å². The van der Waals surface area contributed by atoms with Crippen LogP contribution in [0.3, 0.4) is 0 Å². The third kappa shape index (κ3) is 1.95. The van der Waals surface area contributed by atoms with Crippen LogP contribution in [0.15, 0.2) is 0 Å². The minimum atomic E-state index is -0.0165. The first-order valence-corrected chi connectivity index (χ1v) is 4.33. The molecule has 1 saturated carbocycles. The van der Waals surface area contributed by atoms with Crippen LogP contribution in [0.1, 0.15) is 32.6 Å². The maximum absolute atomic E-state index is 11.2. The van der Waals surface area contributed by atoms with Gasteiger partial charge in [-0.15, -0.1) is 0 Å². The van der Waals surface area contributed by atoms with Gasteiger partial charge in [0.1, 0.15) is 0 Å². The van der Waals surface area contributed by atoms with Gasteiger partial charge in [-0.25, -0.2) is 0 Å². The molecule has 0 aliphatic heterocycles. The molecular formula is C9H16O2. The molecule has 2 atom stereocenters. The topological polar surface area (TPSA) is 26.3 Å². The van der Waals surface area contributed by atoms with Crippen molar-refractivity contribution in [3.63, 3.8) is 0 Å². The second kappa shape index (κ2) is 3.74. The molecule has 1 rings (SSSR count). The molecule has 0 aromatic heterocycles. The molecule has 1 fully saturated rings. The summed E-state index contributed by atoms with van der Waals surface area (Å²) in [4.78, 5) is 11.2. The first-order valence-electron chi connectivity index (χ1n) is 4.33. The molecule has 0 N–H and O–H groups in total. The Balaban J connectivity index is 2.47. The van der Waals surface area contributed by atoms with E-state index >= 15 is 0 Å². The third-order valence-corrected chi connectivity index (χ3v) is 2.62. The summed E-state index contributed by atoms with van der Waals surface area (Å²) < 4.78 is 4.72. The largest absolute Gasteiger partial charge is 0.469 e. The first kappa shape index (κ1) is 8.57. The van der Waals surface area contributed by atoms with E-state index in [0.717, 1.165) is 6.42 Å². The summed E-state index contributed by atoms with van der Waals surface area (Å²) in [5.74, 6) is 0.683. The standard InChI is InChI=1S/C9H16O2/c1-7-5-3-4-6-8(7)9(10)11-2/h7-8H,3-6H2,1-2H3/t7-,8?/m1/s1. The molecule has 0 radical (unpaired) electrons. The third-order valence-electron chi connectivity index (χ3n) is 2.62. The van der Waals surface area contributed by atoms with Crippen molar-refractivity contribution in [1.82, 2.24) is 0 Å². The minimum absolute atomic E-state index is 0.0165. The molecule has 1 aliphatic carbocycles. The average molecular weight is 156 g/mol. The molecule has 2 nitrogen and oxygen atoms in total. The SMILES string of the molecule is COC(=O)C1CCCC[C@H]1C. The maximum atomic E-state index is 11.2. The van der Waals surface area contributed by atoms with Crippen LogP contribution in [0.25, 0.3) is 0 Å². The van der Waals surface area contributed by atoms with E-state index in [2.05, 4.69) is 6.92 Å². The second-order valence-corrected chi connectivity index (χ2v) is 3.39. The van der Waals surface area contributed by atoms with Gasteiger partial charge in [0.25, 0.3) is 0 Å². The summed E-state index contributed by atoms with van der Waals surface area (Å²) in [5.41, 5.74) is 0. The van der Waals surface area contributed by atoms with Crippen LogP contribution in [0.5, 0.6) is 0 Å². The maximum Gasteiger partial charge on any atom is 0.308 e. The van der Waals surface area contributed by atoms with Gasteiger partial charge in [0.15, 0.2) is 0 Å². The number of hydrogen-bond acceptors (Lipinski definition) is 2. The normalized spacial score (nSPS) is 31.5. The van der Waals surface area contributed by atoms with Crippen LogP contribution in [-0.4, -0.2) is 13.1 Å². The Bertz CT molecular complexity index is 142. The molecule has 11 heavy (non-hydrogen) atoms. The zero-order valence-electron chi connectivity index (χ0n) is 7.30. The molecule has 0 spiro atoms. The highest BCUT2D eigenvalue weighted by molar-refractivity contribution is 5.72. The van der Waals surface area contributed by atoms with Gasteiger partial charge in [0.2, 0.25) is 0 Å². The average Bonchev–Trinajstić information content (AvgIpc) is 2.04. The lowest BCUT2D eigenvalue weighted by Crippen LogP contribution is -2.26. The van der Waals surface area contributed by atoms with E-state index < -0.39 is 0 Å². The molecule has 0 heterocycles. The lowest BCUT2D eigenvalue weighted by molar-refractivity contribution is -0.148. The Labute approximate surface area is 67.9 Å². The number of carbonyl (C=O) groups excluding carboxylic acids is 1. The van der Waals surface area contributed by atoms with Crippen molar-refractivity contribution in [2.45, 2.75) is 32.6 Å². The first-order chi connectivity index (χ1) is 5.25. The van der Waals surface area contributed by atoms with E-state index in [1.165, 1.54) is 26.4 Å². The van der Waals surface area contributed by atoms with Crippen LogP contribution in [0, 0.1) is 11.8 Å². The fourth-order valence-corrected chi connectivity index (χ4v) is 1.82. The van der Waals surface area contributed by atoms with Gasteiger partial charge in [-0.05, 0) is 18.8 Å². The number of rotatable bonds is 1. The smallest absolute Gasteiger partial charge is 0.308 e. The Morgan fingerprint density at radius 3 is 2.55 bits per heavy atom. The minimum Gasteiger partial charge on any atom is -0.469 e. The summed E-state index contributed by atoms with van der Waals surface area (Å²) >= 11 is 0. The number of carbonyl (C=O) groups is 1. The predicted molar refractivity (Wildman–Crippen MR) is 43.1 cm³/mol. The molecule has 0 amide bonds. The van der Waals surface area contributed by atoms with E-state index in [1.54, 1.807) is 0 Å². The molecule has 2 heteroatoms. The van der Waals surface area contributed by atoms with Crippen LogP contribution >= 0.6 is 0 Å². The van der Waals surface area contributed by atoms with Crippen molar-refractivity contribution in [3.05, 3.63) is 0 Å². The Hall–Kier alpha value is -0.530. The fourth-order valence-electron chi connectivity index (χ4n) is 1.82. The molecule has 0 aromatic rings. The summed E-state index contributed by atoms with van der Waals surface area (Å²) in [7, 11) is 1.48. The monoisotopic (exact) mass is 156 g/mol. The quantitative estimate of drug-likeness (QED) is 0.543. The van der Waals surface area contributed by atoms with Crippen LogP contribution in [0.4, 0.5) is 0 Å². The van der Waals surface area contributed by atoms with Gasteiger partial charge < -0.3 is 4.74 Å². The highest BCUT2D eigenvalue weighted by Crippen LogP contribution is 2.30. The van der Waals surface area contributed by atoms with Crippen molar-refractivity contribution < 1.29 is 9.53 Å². The zero-order valence-corrected chi connectivity index (χ0v) is 7.30. The molecule has 0 bridgehead atoms. The fraction of sp³-hybridized carbons (Fsp3) is 0.889. The van der Waals surface area contributed by atoms with Gasteiger partial charge in [0, 0.05) is 0 Å². The lowest BCUT2D eigenvalue weighted by Gasteiger charge is -2.25. The van der Waals surface area contributed by atoms with Crippen molar-refractivity contribution >= 4 is 5.97 Å². The van der Waals surface area contributed by atoms with Gasteiger partial charge in [-0.3, -0.25) is 4.79 Å². The number of hydrogen-bond donors (Lipinski definition) is 0. The Morgan fingerprint density at radius 1 is 1.36 bits per heavy atom. The van der Waals surface area contributed by atoms with Gasteiger partial charge in [0.05, 0.1) is 13.0 Å². The van der Waals surface area contributed by atoms with E-state index in [9.17, 15) is 4.79 Å². The number of ether oxygens (including phenoxy) is 1. The van der Waals surface area contributed by atoms with Crippen LogP contribution in [-0.2, 0) is 9.53 Å². The van der Waals surface area contributed by atoms with Crippen molar-refractivity contribution in [1.29, 1.82) is 0 Å². The zero-order chi connectivity index (χ0) is 8.27. The van der Waals surface area contributed by atoms with E-state index in [0.29, 0.717) is 5.92 Å². The number of methoxy groups -OCH3 is 1. The highest BCUT2D eigenvalue weighted by atomic mass is 16.5. The van der Waals surface area contributed by atoms with Crippen molar-refractivity contribution in [3.8, 4) is 0 Å².